The van der Waals surface area contributed by atoms with E-state index in [1.165, 1.54) is 11.9 Å². The number of H-pyrrole nitrogens is 1. The summed E-state index contributed by atoms with van der Waals surface area (Å²) in [5, 5.41) is 2.07. The van der Waals surface area contributed by atoms with Crippen molar-refractivity contribution >= 4 is 21.8 Å². The molecule has 0 bridgehead atoms. The molecule has 102 valence electrons. The van der Waals surface area contributed by atoms with Crippen molar-refractivity contribution in [1.82, 2.24) is 15.0 Å². The predicted octanol–water partition coefficient (Wildman–Crippen LogP) is 4.21. The number of nitrogens with one attached hydrogen (secondary N) is 1. The van der Waals surface area contributed by atoms with Crippen LogP contribution in [0.3, 0.4) is 0 Å². The number of benzene rings is 2. The lowest BCUT2D eigenvalue weighted by atomic mass is 10.2. The van der Waals surface area contributed by atoms with Gasteiger partial charge in [-0.2, -0.15) is 0 Å². The van der Waals surface area contributed by atoms with Gasteiger partial charge in [-0.3, -0.25) is 0 Å². The van der Waals surface area contributed by atoms with Gasteiger partial charge >= 0.3 is 0 Å². The zero-order chi connectivity index (χ0) is 14.2. The number of fused-ring (bicyclic) bond motifs is 2. The lowest BCUT2D eigenvalue weighted by molar-refractivity contribution is 0.469. The number of para-hydroxylation sites is 1. The van der Waals surface area contributed by atoms with Crippen LogP contribution in [-0.4, -0.2) is 15.0 Å². The Morgan fingerprint density at radius 2 is 1.90 bits per heavy atom. The van der Waals surface area contributed by atoms with E-state index in [0.717, 1.165) is 27.6 Å². The Labute approximate surface area is 121 Å². The van der Waals surface area contributed by atoms with Crippen LogP contribution in [0, 0.1) is 6.92 Å². The molecule has 2 heterocycles. The molecule has 0 aliphatic rings. The number of aromatic amines is 1. The molecule has 0 saturated carbocycles. The molecule has 0 radical (unpaired) electrons. The maximum absolute atomic E-state index is 5.96. The van der Waals surface area contributed by atoms with Crippen molar-refractivity contribution in [3.8, 4) is 11.6 Å². The van der Waals surface area contributed by atoms with E-state index >= 15 is 0 Å². The summed E-state index contributed by atoms with van der Waals surface area (Å²) in [5.41, 5.74) is 3.18. The fourth-order valence-electron chi connectivity index (χ4n) is 2.48. The number of hydrogen-bond acceptors (Lipinski definition) is 3. The second-order valence-electron chi connectivity index (χ2n) is 4.98. The maximum atomic E-state index is 5.96. The molecular weight excluding hydrogens is 262 g/mol. The van der Waals surface area contributed by atoms with Gasteiger partial charge in [-0.05, 0) is 42.8 Å². The summed E-state index contributed by atoms with van der Waals surface area (Å²) in [6.07, 6.45) is 3.52. The highest BCUT2D eigenvalue weighted by Crippen LogP contribution is 2.29. The number of aryl methyl sites for hydroxylation is 1. The Bertz CT molecular complexity index is 938. The van der Waals surface area contributed by atoms with Crippen molar-refractivity contribution in [3.63, 3.8) is 0 Å². The fraction of sp³-hybridized carbons (Fsp3) is 0.0588. The van der Waals surface area contributed by atoms with Crippen LogP contribution in [0.25, 0.3) is 21.8 Å². The molecule has 4 heteroatoms. The van der Waals surface area contributed by atoms with E-state index in [1.54, 1.807) is 0 Å². The van der Waals surface area contributed by atoms with Gasteiger partial charge in [0.2, 0.25) is 5.88 Å². The van der Waals surface area contributed by atoms with Gasteiger partial charge in [-0.15, -0.1) is 0 Å². The standard InChI is InChI=1S/C17H13N3O/c1-11-9-18-16-7-6-12(8-14(11)16)21-17-13-4-2-3-5-15(13)19-10-20-17/h2-10,18H,1H3. The lowest BCUT2D eigenvalue weighted by Gasteiger charge is -2.07. The molecule has 4 rings (SSSR count). The first-order valence-electron chi connectivity index (χ1n) is 6.76. The van der Waals surface area contributed by atoms with Crippen LogP contribution < -0.4 is 4.74 Å². The molecular formula is C17H13N3O. The summed E-state index contributed by atoms with van der Waals surface area (Å²) in [4.78, 5) is 11.7. The second-order valence-corrected chi connectivity index (χ2v) is 4.98. The van der Waals surface area contributed by atoms with Crippen LogP contribution >= 0.6 is 0 Å². The van der Waals surface area contributed by atoms with Crippen LogP contribution in [0.15, 0.2) is 55.0 Å². The predicted molar refractivity (Wildman–Crippen MR) is 82.6 cm³/mol. The van der Waals surface area contributed by atoms with Gasteiger partial charge in [-0.1, -0.05) is 12.1 Å². The molecule has 2 aromatic carbocycles. The highest BCUT2D eigenvalue weighted by Gasteiger charge is 2.07. The summed E-state index contributed by atoms with van der Waals surface area (Å²) < 4.78 is 5.96. The number of aromatic nitrogens is 3. The van der Waals surface area contributed by atoms with Crippen molar-refractivity contribution in [3.05, 3.63) is 60.6 Å². The van der Waals surface area contributed by atoms with Gasteiger partial charge in [-0.25, -0.2) is 9.97 Å². The van der Waals surface area contributed by atoms with E-state index in [-0.39, 0.29) is 0 Å². The number of hydrogen-bond donors (Lipinski definition) is 1. The van der Waals surface area contributed by atoms with Gasteiger partial charge in [0.25, 0.3) is 0 Å². The zero-order valence-electron chi connectivity index (χ0n) is 11.5. The molecule has 4 aromatic rings. The summed E-state index contributed by atoms with van der Waals surface area (Å²) in [6.45, 7) is 2.07. The first-order chi connectivity index (χ1) is 10.3. The molecule has 0 aliphatic carbocycles. The molecule has 2 aromatic heterocycles. The van der Waals surface area contributed by atoms with Gasteiger partial charge in [0.05, 0.1) is 10.9 Å². The Balaban J connectivity index is 1.80. The minimum Gasteiger partial charge on any atom is -0.438 e. The van der Waals surface area contributed by atoms with Crippen molar-refractivity contribution in [1.29, 1.82) is 0 Å². The average Bonchev–Trinajstić information content (AvgIpc) is 2.89. The van der Waals surface area contributed by atoms with Crippen molar-refractivity contribution in [2.75, 3.05) is 0 Å². The summed E-state index contributed by atoms with van der Waals surface area (Å²) in [6, 6.07) is 13.8. The van der Waals surface area contributed by atoms with Crippen LogP contribution in [0.2, 0.25) is 0 Å². The van der Waals surface area contributed by atoms with Crippen LogP contribution in [0.1, 0.15) is 5.56 Å². The van der Waals surface area contributed by atoms with Gasteiger partial charge in [0, 0.05) is 17.1 Å². The zero-order valence-corrected chi connectivity index (χ0v) is 11.5. The maximum Gasteiger partial charge on any atom is 0.230 e. The van der Waals surface area contributed by atoms with Gasteiger partial charge in [0.15, 0.2) is 0 Å². The molecule has 0 amide bonds. The quantitative estimate of drug-likeness (QED) is 0.596. The minimum atomic E-state index is 0.577. The lowest BCUT2D eigenvalue weighted by Crippen LogP contribution is -1.91. The minimum absolute atomic E-state index is 0.577. The summed E-state index contributed by atoms with van der Waals surface area (Å²) >= 11 is 0. The molecule has 4 nitrogen and oxygen atoms in total. The number of nitrogens with zero attached hydrogens (tertiary/aromatic N) is 2. The Kier molecular flexibility index (Phi) is 2.60. The van der Waals surface area contributed by atoms with E-state index in [4.69, 9.17) is 4.74 Å². The van der Waals surface area contributed by atoms with E-state index in [9.17, 15) is 0 Å². The first-order valence-corrected chi connectivity index (χ1v) is 6.76. The first kappa shape index (κ1) is 11.9. The van der Waals surface area contributed by atoms with Crippen LogP contribution in [0.5, 0.6) is 11.6 Å². The monoisotopic (exact) mass is 275 g/mol. The second kappa shape index (κ2) is 4.59. The van der Waals surface area contributed by atoms with E-state index in [1.807, 2.05) is 48.7 Å². The molecule has 0 saturated heterocycles. The van der Waals surface area contributed by atoms with Crippen molar-refractivity contribution in [2.45, 2.75) is 6.92 Å². The molecule has 0 fully saturated rings. The Morgan fingerprint density at radius 1 is 1.00 bits per heavy atom. The molecule has 1 N–H and O–H groups in total. The SMILES string of the molecule is Cc1c[nH]c2ccc(Oc3ncnc4ccccc34)cc12. The van der Waals surface area contributed by atoms with E-state index < -0.39 is 0 Å². The average molecular weight is 275 g/mol. The van der Waals surface area contributed by atoms with Crippen LogP contribution in [0.4, 0.5) is 0 Å². The van der Waals surface area contributed by atoms with Gasteiger partial charge < -0.3 is 9.72 Å². The third kappa shape index (κ3) is 2.01. The Hall–Kier alpha value is -2.88. The molecule has 0 unspecified atom stereocenters. The smallest absolute Gasteiger partial charge is 0.230 e. The summed E-state index contributed by atoms with van der Waals surface area (Å²) in [5.74, 6) is 1.35. The Morgan fingerprint density at radius 3 is 2.86 bits per heavy atom. The largest absolute Gasteiger partial charge is 0.438 e. The molecule has 0 spiro atoms. The number of rotatable bonds is 2. The molecule has 21 heavy (non-hydrogen) atoms. The van der Waals surface area contributed by atoms with E-state index in [0.29, 0.717) is 5.88 Å². The van der Waals surface area contributed by atoms with Crippen molar-refractivity contribution < 1.29 is 4.74 Å². The topological polar surface area (TPSA) is 50.8 Å². The molecule has 0 aliphatic heterocycles. The highest BCUT2D eigenvalue weighted by molar-refractivity contribution is 5.85. The van der Waals surface area contributed by atoms with Crippen molar-refractivity contribution in [2.24, 2.45) is 0 Å². The normalized spacial score (nSPS) is 11.1. The van der Waals surface area contributed by atoms with Gasteiger partial charge in [0.1, 0.15) is 12.1 Å². The summed E-state index contributed by atoms with van der Waals surface area (Å²) in [7, 11) is 0. The fourth-order valence-corrected chi connectivity index (χ4v) is 2.48. The van der Waals surface area contributed by atoms with Crippen LogP contribution in [-0.2, 0) is 0 Å². The molecule has 0 atom stereocenters. The number of ether oxygens (including phenoxy) is 1. The third-order valence-corrected chi connectivity index (χ3v) is 3.58. The third-order valence-electron chi connectivity index (χ3n) is 3.58. The highest BCUT2D eigenvalue weighted by atomic mass is 16.5. The van der Waals surface area contributed by atoms with E-state index in [2.05, 4.69) is 21.9 Å².